The molecule has 2 aliphatic rings. The van der Waals surface area contributed by atoms with Gasteiger partial charge in [-0.3, -0.25) is 9.59 Å². The minimum Gasteiger partial charge on any atom is -0.346 e. The van der Waals surface area contributed by atoms with Crippen LogP contribution in [0.4, 0.5) is 5.69 Å². The number of anilines is 1. The third kappa shape index (κ3) is 2.23. The second-order valence-electron chi connectivity index (χ2n) is 5.35. The average molecular weight is 285 g/mol. The number of nitrogens with zero attached hydrogens (tertiary/aromatic N) is 2. The van der Waals surface area contributed by atoms with Crippen LogP contribution in [-0.2, 0) is 19.9 Å². The van der Waals surface area contributed by atoms with Crippen molar-refractivity contribution in [3.05, 3.63) is 29.8 Å². The molecule has 0 radical (unpaired) electrons. The van der Waals surface area contributed by atoms with Crippen molar-refractivity contribution in [1.82, 2.24) is 5.32 Å². The monoisotopic (exact) mass is 285 g/mol. The highest BCUT2D eigenvalue weighted by Crippen LogP contribution is 2.44. The lowest BCUT2D eigenvalue weighted by molar-refractivity contribution is -0.138. The first-order valence-corrected chi connectivity index (χ1v) is 6.96. The fourth-order valence-electron chi connectivity index (χ4n) is 2.84. The van der Waals surface area contributed by atoms with E-state index in [4.69, 9.17) is 0 Å². The number of carbonyl (C=O) groups is 2. The SMILES string of the molecule is O=C=NC1(c2ccc(N3CCNC(=O)C3=O)cc2)CCC1. The van der Waals surface area contributed by atoms with Gasteiger partial charge in [-0.25, -0.2) is 4.79 Å². The van der Waals surface area contributed by atoms with Gasteiger partial charge in [-0.2, -0.15) is 4.99 Å². The van der Waals surface area contributed by atoms with E-state index in [1.54, 1.807) is 18.2 Å². The molecule has 1 saturated carbocycles. The summed E-state index contributed by atoms with van der Waals surface area (Å²) in [4.78, 5) is 39.2. The molecule has 0 bridgehead atoms. The summed E-state index contributed by atoms with van der Waals surface area (Å²) in [7, 11) is 0. The Kier molecular flexibility index (Phi) is 3.31. The molecule has 1 aliphatic carbocycles. The molecule has 0 atom stereocenters. The molecule has 1 aliphatic heterocycles. The normalized spacial score (nSPS) is 20.3. The van der Waals surface area contributed by atoms with Crippen LogP contribution in [0.25, 0.3) is 0 Å². The van der Waals surface area contributed by atoms with Gasteiger partial charge < -0.3 is 10.2 Å². The van der Waals surface area contributed by atoms with Crippen LogP contribution in [-0.4, -0.2) is 31.0 Å². The molecular weight excluding hydrogens is 270 g/mol. The number of isocyanates is 1. The zero-order valence-corrected chi connectivity index (χ0v) is 11.5. The van der Waals surface area contributed by atoms with Gasteiger partial charge in [0, 0.05) is 18.8 Å². The number of benzene rings is 1. The Balaban J connectivity index is 1.86. The molecule has 3 rings (SSSR count). The molecule has 2 amide bonds. The standard InChI is InChI=1S/C15H15N3O3/c19-10-17-15(6-1-7-15)11-2-4-12(5-3-11)18-9-8-16-13(20)14(18)21/h2-5H,1,6-9H2,(H,16,20). The van der Waals surface area contributed by atoms with E-state index in [2.05, 4.69) is 10.3 Å². The third-order valence-corrected chi connectivity index (χ3v) is 4.22. The van der Waals surface area contributed by atoms with E-state index in [0.717, 1.165) is 24.8 Å². The second kappa shape index (κ2) is 5.14. The summed E-state index contributed by atoms with van der Waals surface area (Å²) in [6.07, 6.45) is 4.38. The number of aliphatic imine (C=N–C) groups is 1. The minimum atomic E-state index is -0.577. The second-order valence-corrected chi connectivity index (χ2v) is 5.35. The molecule has 1 saturated heterocycles. The fraction of sp³-hybridized carbons (Fsp3) is 0.400. The molecule has 21 heavy (non-hydrogen) atoms. The Morgan fingerprint density at radius 2 is 1.90 bits per heavy atom. The Hall–Kier alpha value is -2.46. The van der Waals surface area contributed by atoms with E-state index in [1.807, 2.05) is 12.1 Å². The third-order valence-electron chi connectivity index (χ3n) is 4.22. The Morgan fingerprint density at radius 3 is 2.48 bits per heavy atom. The highest BCUT2D eigenvalue weighted by molar-refractivity contribution is 6.41. The van der Waals surface area contributed by atoms with Crippen LogP contribution in [0, 0.1) is 0 Å². The first-order chi connectivity index (χ1) is 10.2. The Labute approximate surface area is 121 Å². The topological polar surface area (TPSA) is 78.8 Å². The van der Waals surface area contributed by atoms with Gasteiger partial charge >= 0.3 is 11.8 Å². The maximum absolute atomic E-state index is 11.8. The summed E-state index contributed by atoms with van der Waals surface area (Å²) in [6, 6.07) is 7.34. The number of piperazine rings is 1. The highest BCUT2D eigenvalue weighted by atomic mass is 16.2. The largest absolute Gasteiger partial charge is 0.346 e. The highest BCUT2D eigenvalue weighted by Gasteiger charge is 2.39. The fourth-order valence-corrected chi connectivity index (χ4v) is 2.84. The summed E-state index contributed by atoms with van der Waals surface area (Å²) in [5.41, 5.74) is 1.20. The maximum Gasteiger partial charge on any atom is 0.316 e. The molecule has 1 aromatic carbocycles. The predicted octanol–water partition coefficient (Wildman–Crippen LogP) is 0.864. The zero-order chi connectivity index (χ0) is 14.9. The summed E-state index contributed by atoms with van der Waals surface area (Å²) in [6.45, 7) is 0.910. The Bertz CT molecular complexity index is 628. The predicted molar refractivity (Wildman–Crippen MR) is 75.5 cm³/mol. The summed E-state index contributed by atoms with van der Waals surface area (Å²) in [5, 5.41) is 2.51. The van der Waals surface area contributed by atoms with E-state index in [9.17, 15) is 14.4 Å². The molecule has 0 spiro atoms. The van der Waals surface area contributed by atoms with Gasteiger partial charge in [0.15, 0.2) is 0 Å². The molecule has 1 heterocycles. The van der Waals surface area contributed by atoms with Crippen molar-refractivity contribution in [2.45, 2.75) is 24.8 Å². The van der Waals surface area contributed by atoms with Gasteiger partial charge in [-0.05, 0) is 37.0 Å². The number of rotatable bonds is 3. The van der Waals surface area contributed by atoms with Gasteiger partial charge in [0.05, 0.1) is 5.54 Å². The van der Waals surface area contributed by atoms with Crippen molar-refractivity contribution in [2.24, 2.45) is 4.99 Å². The van der Waals surface area contributed by atoms with E-state index in [0.29, 0.717) is 18.8 Å². The Morgan fingerprint density at radius 1 is 1.19 bits per heavy atom. The summed E-state index contributed by atoms with van der Waals surface area (Å²) >= 11 is 0. The zero-order valence-electron chi connectivity index (χ0n) is 11.5. The van der Waals surface area contributed by atoms with Crippen molar-refractivity contribution in [3.8, 4) is 0 Å². The van der Waals surface area contributed by atoms with Crippen molar-refractivity contribution < 1.29 is 14.4 Å². The van der Waals surface area contributed by atoms with Crippen LogP contribution in [0.3, 0.4) is 0 Å². The molecule has 0 unspecified atom stereocenters. The van der Waals surface area contributed by atoms with Gasteiger partial charge in [-0.1, -0.05) is 12.1 Å². The number of nitrogens with one attached hydrogen (secondary N) is 1. The number of carbonyl (C=O) groups excluding carboxylic acids is 3. The molecule has 6 heteroatoms. The van der Waals surface area contributed by atoms with Crippen molar-refractivity contribution in [2.75, 3.05) is 18.0 Å². The maximum atomic E-state index is 11.8. The molecule has 1 aromatic rings. The number of hydrogen-bond donors (Lipinski definition) is 1. The summed E-state index contributed by atoms with van der Waals surface area (Å²) < 4.78 is 0. The first-order valence-electron chi connectivity index (χ1n) is 6.96. The van der Waals surface area contributed by atoms with E-state index in [1.165, 1.54) is 4.90 Å². The van der Waals surface area contributed by atoms with Crippen molar-refractivity contribution in [1.29, 1.82) is 0 Å². The summed E-state index contributed by atoms with van der Waals surface area (Å²) in [5.74, 6) is -1.12. The average Bonchev–Trinajstić information content (AvgIpc) is 2.46. The van der Waals surface area contributed by atoms with Gasteiger partial charge in [0.2, 0.25) is 6.08 Å². The lowest BCUT2D eigenvalue weighted by atomic mass is 9.72. The number of hydrogen-bond acceptors (Lipinski definition) is 4. The first kappa shape index (κ1) is 13.5. The van der Waals surface area contributed by atoms with Gasteiger partial charge in [-0.15, -0.1) is 0 Å². The van der Waals surface area contributed by atoms with Crippen molar-refractivity contribution in [3.63, 3.8) is 0 Å². The van der Waals surface area contributed by atoms with Crippen molar-refractivity contribution >= 4 is 23.6 Å². The van der Waals surface area contributed by atoms with Crippen LogP contribution < -0.4 is 10.2 Å². The lowest BCUT2D eigenvalue weighted by Crippen LogP contribution is -2.52. The molecule has 108 valence electrons. The van der Waals surface area contributed by atoms with Gasteiger partial charge in [0.1, 0.15) is 0 Å². The van der Waals surface area contributed by atoms with Crippen LogP contribution >= 0.6 is 0 Å². The van der Waals surface area contributed by atoms with E-state index in [-0.39, 0.29) is 0 Å². The molecule has 0 aromatic heterocycles. The molecule has 1 N–H and O–H groups in total. The smallest absolute Gasteiger partial charge is 0.316 e. The van der Waals surface area contributed by atoms with Crippen LogP contribution in [0.5, 0.6) is 0 Å². The molecule has 6 nitrogen and oxygen atoms in total. The van der Waals surface area contributed by atoms with Crippen LogP contribution in [0.2, 0.25) is 0 Å². The molecule has 2 fully saturated rings. The van der Waals surface area contributed by atoms with Gasteiger partial charge in [0.25, 0.3) is 0 Å². The number of amides is 2. The molecular formula is C15H15N3O3. The lowest BCUT2D eigenvalue weighted by Gasteiger charge is -2.37. The van der Waals surface area contributed by atoms with E-state index < -0.39 is 17.4 Å². The van der Waals surface area contributed by atoms with Crippen LogP contribution in [0.1, 0.15) is 24.8 Å². The quantitative estimate of drug-likeness (QED) is 0.508. The van der Waals surface area contributed by atoms with Crippen LogP contribution in [0.15, 0.2) is 29.3 Å². The minimum absolute atomic E-state index is 0.441. The van der Waals surface area contributed by atoms with E-state index >= 15 is 0 Å².